The van der Waals surface area contributed by atoms with Gasteiger partial charge in [0.1, 0.15) is 6.04 Å². The van der Waals surface area contributed by atoms with Crippen LogP contribution in [0, 0.1) is 6.92 Å². The van der Waals surface area contributed by atoms with Gasteiger partial charge >= 0.3 is 5.97 Å². The third kappa shape index (κ3) is 3.89. The van der Waals surface area contributed by atoms with Gasteiger partial charge in [0, 0.05) is 24.5 Å². The quantitative estimate of drug-likeness (QED) is 0.639. The topological polar surface area (TPSA) is 106 Å². The summed E-state index contributed by atoms with van der Waals surface area (Å²) in [5.74, 6) is -1.27. The lowest BCUT2D eigenvalue weighted by molar-refractivity contribution is -0.138. The number of aromatic hydroxyl groups is 1. The standard InChI is InChI=1S/C12H18N2O4/c1-8-6-10(15)11(16)7-14(8)5-3-2-4-9(13)12(17)18/h6-7,9,16H,2-5,13H2,1H3,(H,17,18). The molecule has 1 unspecified atom stereocenters. The molecule has 6 heteroatoms. The van der Waals surface area contributed by atoms with Crippen molar-refractivity contribution in [3.8, 4) is 5.75 Å². The molecule has 0 aliphatic carbocycles. The zero-order chi connectivity index (χ0) is 13.7. The summed E-state index contributed by atoms with van der Waals surface area (Å²) in [6.45, 7) is 2.40. The molecule has 1 rings (SSSR count). The molecule has 1 heterocycles. The number of carboxylic acids is 1. The van der Waals surface area contributed by atoms with E-state index >= 15 is 0 Å². The number of nitrogens with zero attached hydrogens (tertiary/aromatic N) is 1. The molecule has 0 aliphatic heterocycles. The lowest BCUT2D eigenvalue weighted by atomic mass is 10.1. The van der Waals surface area contributed by atoms with Crippen molar-refractivity contribution in [2.45, 2.75) is 38.8 Å². The van der Waals surface area contributed by atoms with E-state index in [0.29, 0.717) is 19.4 Å². The molecular weight excluding hydrogens is 236 g/mol. The normalized spacial score (nSPS) is 12.3. The SMILES string of the molecule is Cc1cc(=O)c(O)cn1CCCCC(N)C(=O)O. The Bertz CT molecular complexity index is 481. The van der Waals surface area contributed by atoms with Gasteiger partial charge < -0.3 is 20.5 Å². The van der Waals surface area contributed by atoms with Crippen LogP contribution in [0.4, 0.5) is 0 Å². The number of hydrogen-bond donors (Lipinski definition) is 3. The number of pyridine rings is 1. The third-order valence-corrected chi connectivity index (χ3v) is 2.80. The summed E-state index contributed by atoms with van der Waals surface area (Å²) in [6.07, 6.45) is 3.24. The van der Waals surface area contributed by atoms with Crippen molar-refractivity contribution in [1.29, 1.82) is 0 Å². The molecule has 0 amide bonds. The largest absolute Gasteiger partial charge is 0.503 e. The number of unbranched alkanes of at least 4 members (excludes halogenated alkanes) is 1. The molecule has 0 radical (unpaired) electrons. The molecular formula is C12H18N2O4. The number of aliphatic carboxylic acids is 1. The summed E-state index contributed by atoms with van der Waals surface area (Å²) in [4.78, 5) is 21.6. The van der Waals surface area contributed by atoms with Crippen molar-refractivity contribution in [2.24, 2.45) is 5.73 Å². The Labute approximate surface area is 105 Å². The maximum atomic E-state index is 11.1. The minimum absolute atomic E-state index is 0.275. The molecule has 1 aromatic heterocycles. The molecule has 0 fully saturated rings. The van der Waals surface area contributed by atoms with Crippen LogP contribution in [0.5, 0.6) is 5.75 Å². The number of hydrogen-bond acceptors (Lipinski definition) is 4. The summed E-state index contributed by atoms with van der Waals surface area (Å²) in [5, 5.41) is 17.9. The van der Waals surface area contributed by atoms with Crippen LogP contribution in [0.15, 0.2) is 17.1 Å². The van der Waals surface area contributed by atoms with Gasteiger partial charge in [-0.1, -0.05) is 0 Å². The van der Waals surface area contributed by atoms with Gasteiger partial charge in [-0.25, -0.2) is 0 Å². The van der Waals surface area contributed by atoms with Crippen LogP contribution in [-0.4, -0.2) is 26.8 Å². The van der Waals surface area contributed by atoms with Gasteiger partial charge in [0.15, 0.2) is 5.75 Å². The van der Waals surface area contributed by atoms with E-state index in [-0.39, 0.29) is 5.75 Å². The Balaban J connectivity index is 2.47. The number of aryl methyl sites for hydroxylation is 2. The van der Waals surface area contributed by atoms with Gasteiger partial charge in [-0.2, -0.15) is 0 Å². The molecule has 100 valence electrons. The Morgan fingerprint density at radius 1 is 1.50 bits per heavy atom. The summed E-state index contributed by atoms with van der Waals surface area (Å²) < 4.78 is 1.77. The van der Waals surface area contributed by atoms with Crippen LogP contribution < -0.4 is 11.2 Å². The van der Waals surface area contributed by atoms with Crippen molar-refractivity contribution >= 4 is 5.97 Å². The first-order valence-electron chi connectivity index (χ1n) is 5.80. The highest BCUT2D eigenvalue weighted by molar-refractivity contribution is 5.72. The smallest absolute Gasteiger partial charge is 0.320 e. The van der Waals surface area contributed by atoms with Crippen LogP contribution >= 0.6 is 0 Å². The molecule has 4 N–H and O–H groups in total. The Kier molecular flexibility index (Phi) is 4.91. The molecule has 0 aliphatic rings. The average molecular weight is 254 g/mol. The lowest BCUT2D eigenvalue weighted by Gasteiger charge is -2.11. The summed E-state index contributed by atoms with van der Waals surface area (Å²) in [7, 11) is 0. The van der Waals surface area contributed by atoms with E-state index in [9.17, 15) is 14.7 Å². The zero-order valence-corrected chi connectivity index (χ0v) is 10.3. The van der Waals surface area contributed by atoms with Crippen molar-refractivity contribution in [3.63, 3.8) is 0 Å². The predicted octanol–water partition coefficient (Wildman–Crippen LogP) is 0.445. The van der Waals surface area contributed by atoms with E-state index in [1.54, 1.807) is 11.5 Å². The van der Waals surface area contributed by atoms with E-state index in [1.807, 2.05) is 0 Å². The molecule has 0 spiro atoms. The first kappa shape index (κ1) is 14.2. The molecule has 0 saturated heterocycles. The highest BCUT2D eigenvalue weighted by Gasteiger charge is 2.10. The van der Waals surface area contributed by atoms with Crippen molar-refractivity contribution in [3.05, 3.63) is 28.2 Å². The third-order valence-electron chi connectivity index (χ3n) is 2.80. The maximum absolute atomic E-state index is 11.1. The lowest BCUT2D eigenvalue weighted by Crippen LogP contribution is -2.29. The van der Waals surface area contributed by atoms with Gasteiger partial charge in [0.05, 0.1) is 0 Å². The Morgan fingerprint density at radius 2 is 2.17 bits per heavy atom. The van der Waals surface area contributed by atoms with E-state index in [4.69, 9.17) is 10.8 Å². The van der Waals surface area contributed by atoms with Crippen molar-refractivity contribution in [2.75, 3.05) is 0 Å². The first-order valence-corrected chi connectivity index (χ1v) is 5.80. The first-order chi connectivity index (χ1) is 8.41. The van der Waals surface area contributed by atoms with Crippen LogP contribution in [0.25, 0.3) is 0 Å². The van der Waals surface area contributed by atoms with Crippen LogP contribution in [-0.2, 0) is 11.3 Å². The molecule has 1 aromatic rings. The second-order valence-corrected chi connectivity index (χ2v) is 4.30. The Morgan fingerprint density at radius 3 is 2.78 bits per heavy atom. The van der Waals surface area contributed by atoms with Gasteiger partial charge in [0.2, 0.25) is 5.43 Å². The van der Waals surface area contributed by atoms with Gasteiger partial charge in [-0.3, -0.25) is 9.59 Å². The second kappa shape index (κ2) is 6.20. The summed E-state index contributed by atoms with van der Waals surface area (Å²) in [6, 6.07) is 0.548. The van der Waals surface area contributed by atoms with E-state index in [1.165, 1.54) is 12.3 Å². The zero-order valence-electron chi connectivity index (χ0n) is 10.3. The fourth-order valence-electron chi connectivity index (χ4n) is 1.67. The van der Waals surface area contributed by atoms with Gasteiger partial charge in [-0.05, 0) is 26.2 Å². The molecule has 0 saturated carbocycles. The predicted molar refractivity (Wildman–Crippen MR) is 66.6 cm³/mol. The average Bonchev–Trinajstić information content (AvgIpc) is 2.30. The van der Waals surface area contributed by atoms with E-state index < -0.39 is 17.4 Å². The summed E-state index contributed by atoms with van der Waals surface area (Å²) in [5.41, 5.74) is 5.75. The number of rotatable bonds is 6. The Hall–Kier alpha value is -1.82. The monoisotopic (exact) mass is 254 g/mol. The fourth-order valence-corrected chi connectivity index (χ4v) is 1.67. The van der Waals surface area contributed by atoms with Crippen LogP contribution in [0.3, 0.4) is 0 Å². The minimum Gasteiger partial charge on any atom is -0.503 e. The molecule has 18 heavy (non-hydrogen) atoms. The molecule has 6 nitrogen and oxygen atoms in total. The maximum Gasteiger partial charge on any atom is 0.320 e. The number of aromatic nitrogens is 1. The second-order valence-electron chi connectivity index (χ2n) is 4.30. The number of carboxylic acid groups (broad SMARTS) is 1. The van der Waals surface area contributed by atoms with Crippen LogP contribution in [0.1, 0.15) is 25.0 Å². The van der Waals surface area contributed by atoms with Crippen molar-refractivity contribution < 1.29 is 15.0 Å². The fraction of sp³-hybridized carbons (Fsp3) is 0.500. The van der Waals surface area contributed by atoms with Crippen LogP contribution in [0.2, 0.25) is 0 Å². The number of carbonyl (C=O) groups is 1. The van der Waals surface area contributed by atoms with E-state index in [2.05, 4.69) is 0 Å². The van der Waals surface area contributed by atoms with Gasteiger partial charge in [-0.15, -0.1) is 0 Å². The minimum atomic E-state index is -0.993. The molecule has 0 bridgehead atoms. The summed E-state index contributed by atoms with van der Waals surface area (Å²) >= 11 is 0. The van der Waals surface area contributed by atoms with Crippen molar-refractivity contribution in [1.82, 2.24) is 4.57 Å². The number of nitrogens with two attached hydrogens (primary N) is 1. The molecule has 0 aromatic carbocycles. The highest BCUT2D eigenvalue weighted by Crippen LogP contribution is 2.07. The highest BCUT2D eigenvalue weighted by atomic mass is 16.4. The van der Waals surface area contributed by atoms with Gasteiger partial charge in [0.25, 0.3) is 0 Å². The van der Waals surface area contributed by atoms with E-state index in [0.717, 1.165) is 12.1 Å². The molecule has 1 atom stereocenters.